The zero-order chi connectivity index (χ0) is 20.8. The molecule has 29 heavy (non-hydrogen) atoms. The number of hydrogen-bond donors (Lipinski definition) is 0. The second-order valence-corrected chi connectivity index (χ2v) is 8.34. The lowest BCUT2D eigenvalue weighted by Gasteiger charge is -2.46. The van der Waals surface area contributed by atoms with E-state index < -0.39 is 5.82 Å². The number of hydrogen-bond acceptors (Lipinski definition) is 4. The second kappa shape index (κ2) is 7.41. The molecule has 4 rings (SSSR count). The molecule has 2 atom stereocenters. The van der Waals surface area contributed by atoms with Crippen molar-refractivity contribution < 1.29 is 13.9 Å². The van der Waals surface area contributed by atoms with Crippen LogP contribution in [0.25, 0.3) is 0 Å². The Labute approximate surface area is 171 Å². The van der Waals surface area contributed by atoms with E-state index in [1.54, 1.807) is 6.07 Å². The molecule has 0 radical (unpaired) electrons. The third kappa shape index (κ3) is 3.29. The lowest BCUT2D eigenvalue weighted by Crippen LogP contribution is -2.56. The van der Waals surface area contributed by atoms with E-state index in [2.05, 4.69) is 16.0 Å². The van der Waals surface area contributed by atoms with Gasteiger partial charge in [-0.25, -0.2) is 4.39 Å². The second-order valence-electron chi connectivity index (χ2n) is 8.34. The van der Waals surface area contributed by atoms with Crippen molar-refractivity contribution in [3.63, 3.8) is 0 Å². The van der Waals surface area contributed by atoms with Crippen LogP contribution in [-0.2, 0) is 5.41 Å². The first-order chi connectivity index (χ1) is 13.9. The molecular formula is C23H28FN3O2. The van der Waals surface area contributed by atoms with Crippen LogP contribution in [-0.4, -0.2) is 54.0 Å². The quantitative estimate of drug-likeness (QED) is 0.744. The molecule has 1 aromatic heterocycles. The number of ether oxygens (including phenoxy) is 1. The summed E-state index contributed by atoms with van der Waals surface area (Å²) >= 11 is 0. The van der Waals surface area contributed by atoms with Gasteiger partial charge in [0, 0.05) is 23.6 Å². The Morgan fingerprint density at radius 2 is 2.07 bits per heavy atom. The van der Waals surface area contributed by atoms with E-state index in [-0.39, 0.29) is 29.2 Å². The first-order valence-corrected chi connectivity index (χ1v) is 10.2. The van der Waals surface area contributed by atoms with Crippen LogP contribution in [0.5, 0.6) is 5.75 Å². The number of fused-ring (bicyclic) bond motifs is 2. The Bertz CT molecular complexity index is 926. The summed E-state index contributed by atoms with van der Waals surface area (Å²) in [6, 6.07) is 9.35. The van der Waals surface area contributed by atoms with E-state index >= 15 is 0 Å². The van der Waals surface area contributed by atoms with E-state index in [1.165, 1.54) is 11.8 Å². The summed E-state index contributed by atoms with van der Waals surface area (Å²) in [6.45, 7) is 4.93. The summed E-state index contributed by atoms with van der Waals surface area (Å²) in [5, 5.41) is 0. The normalized spacial score (nSPS) is 20.7. The van der Waals surface area contributed by atoms with E-state index in [0.717, 1.165) is 24.9 Å². The number of carbonyl (C=O) groups is 1. The summed E-state index contributed by atoms with van der Waals surface area (Å²) in [5.41, 5.74) is 2.58. The highest BCUT2D eigenvalue weighted by molar-refractivity contribution is 5.98. The topological polar surface area (TPSA) is 45.7 Å². The first-order valence-electron chi connectivity index (χ1n) is 10.2. The maximum absolute atomic E-state index is 14.0. The highest BCUT2D eigenvalue weighted by Crippen LogP contribution is 2.57. The van der Waals surface area contributed by atoms with Crippen LogP contribution in [0.3, 0.4) is 0 Å². The van der Waals surface area contributed by atoms with Crippen LogP contribution in [0.2, 0.25) is 0 Å². The SMILES string of the molecule is CCOc1cc(C(C)N2C(=O)c3ccccc3C3(CC3)C2CN(C)C)ncc1F. The van der Waals surface area contributed by atoms with E-state index in [1.807, 2.05) is 51.0 Å². The van der Waals surface area contributed by atoms with Crippen molar-refractivity contribution in [2.24, 2.45) is 0 Å². The van der Waals surface area contributed by atoms with Gasteiger partial charge in [0.05, 0.1) is 30.6 Å². The molecule has 2 aliphatic rings. The molecule has 5 nitrogen and oxygen atoms in total. The van der Waals surface area contributed by atoms with Crippen molar-refractivity contribution in [1.82, 2.24) is 14.8 Å². The summed E-state index contributed by atoms with van der Waals surface area (Å²) in [5.74, 6) is -0.289. The Morgan fingerprint density at radius 3 is 2.72 bits per heavy atom. The van der Waals surface area contributed by atoms with Gasteiger partial charge in [0.1, 0.15) is 0 Å². The smallest absolute Gasteiger partial charge is 0.255 e. The molecule has 0 bridgehead atoms. The van der Waals surface area contributed by atoms with Crippen molar-refractivity contribution >= 4 is 5.91 Å². The lowest BCUT2D eigenvalue weighted by molar-refractivity contribution is 0.0422. The number of amides is 1. The number of halogens is 1. The van der Waals surface area contributed by atoms with Crippen LogP contribution < -0.4 is 4.74 Å². The van der Waals surface area contributed by atoms with Crippen molar-refractivity contribution in [3.05, 3.63) is 59.2 Å². The van der Waals surface area contributed by atoms with Gasteiger partial charge < -0.3 is 14.5 Å². The van der Waals surface area contributed by atoms with Crippen LogP contribution in [0, 0.1) is 5.82 Å². The molecule has 154 valence electrons. The predicted octanol–water partition coefficient (Wildman–Crippen LogP) is 3.80. The zero-order valence-electron chi connectivity index (χ0n) is 17.5. The number of likely N-dealkylation sites (N-methyl/N-ethyl adjacent to an activating group) is 1. The fourth-order valence-corrected chi connectivity index (χ4v) is 4.69. The molecule has 2 heterocycles. The minimum absolute atomic E-state index is 0.00812. The molecule has 1 aliphatic heterocycles. The average Bonchev–Trinajstić information content (AvgIpc) is 3.49. The molecule has 1 aromatic carbocycles. The van der Waals surface area contributed by atoms with Gasteiger partial charge in [-0.15, -0.1) is 0 Å². The van der Waals surface area contributed by atoms with Gasteiger partial charge in [-0.3, -0.25) is 9.78 Å². The number of carbonyl (C=O) groups excluding carboxylic acids is 1. The Kier molecular flexibility index (Phi) is 5.07. The molecule has 1 amide bonds. The summed E-state index contributed by atoms with van der Waals surface area (Å²) < 4.78 is 19.5. The molecule has 2 unspecified atom stereocenters. The monoisotopic (exact) mass is 397 g/mol. The van der Waals surface area contributed by atoms with Gasteiger partial charge in [-0.05, 0) is 52.4 Å². The molecule has 0 N–H and O–H groups in total. The minimum Gasteiger partial charge on any atom is -0.491 e. The largest absolute Gasteiger partial charge is 0.491 e. The Hall–Kier alpha value is -2.47. The van der Waals surface area contributed by atoms with Crippen molar-refractivity contribution in [1.29, 1.82) is 0 Å². The highest BCUT2D eigenvalue weighted by atomic mass is 19.1. The molecule has 2 aromatic rings. The van der Waals surface area contributed by atoms with Crippen molar-refractivity contribution in [2.75, 3.05) is 27.2 Å². The van der Waals surface area contributed by atoms with Crippen molar-refractivity contribution in [3.8, 4) is 5.75 Å². The predicted molar refractivity (Wildman–Crippen MR) is 110 cm³/mol. The molecule has 1 aliphatic carbocycles. The Balaban J connectivity index is 1.78. The summed E-state index contributed by atoms with van der Waals surface area (Å²) in [7, 11) is 4.07. The van der Waals surface area contributed by atoms with Crippen LogP contribution >= 0.6 is 0 Å². The number of benzene rings is 1. The number of rotatable bonds is 6. The third-order valence-corrected chi connectivity index (χ3v) is 6.22. The van der Waals surface area contributed by atoms with Crippen LogP contribution in [0.4, 0.5) is 4.39 Å². The number of aromatic nitrogens is 1. The minimum atomic E-state index is -0.485. The summed E-state index contributed by atoms with van der Waals surface area (Å²) in [6.07, 6.45) is 3.33. The maximum Gasteiger partial charge on any atom is 0.255 e. The number of pyridine rings is 1. The standard InChI is InChI=1S/C23H28FN3O2/c1-5-29-20-12-19(25-13-18(20)24)15(2)27-21(14-26(3)4)23(10-11-23)17-9-7-6-8-16(17)22(27)28/h6-9,12-13,15,21H,5,10-11,14H2,1-4H3. The number of nitrogens with zero attached hydrogens (tertiary/aromatic N) is 3. The van der Waals surface area contributed by atoms with E-state index in [0.29, 0.717) is 12.3 Å². The van der Waals surface area contributed by atoms with Crippen molar-refractivity contribution in [2.45, 2.75) is 44.2 Å². The molecular weight excluding hydrogens is 369 g/mol. The van der Waals surface area contributed by atoms with Gasteiger partial charge >= 0.3 is 0 Å². The molecule has 1 saturated carbocycles. The van der Waals surface area contributed by atoms with Gasteiger partial charge in [0.2, 0.25) is 0 Å². The van der Waals surface area contributed by atoms with E-state index in [9.17, 15) is 9.18 Å². The van der Waals surface area contributed by atoms with E-state index in [4.69, 9.17) is 4.74 Å². The Morgan fingerprint density at radius 1 is 1.34 bits per heavy atom. The fraction of sp³-hybridized carbons (Fsp3) is 0.478. The highest BCUT2D eigenvalue weighted by Gasteiger charge is 2.58. The fourth-order valence-electron chi connectivity index (χ4n) is 4.69. The molecule has 6 heteroatoms. The van der Waals surface area contributed by atoms with Crippen LogP contribution in [0.15, 0.2) is 36.5 Å². The van der Waals surface area contributed by atoms with Gasteiger partial charge in [0.25, 0.3) is 5.91 Å². The summed E-state index contributed by atoms with van der Waals surface area (Å²) in [4.78, 5) is 22.0. The third-order valence-electron chi connectivity index (χ3n) is 6.22. The van der Waals surface area contributed by atoms with Gasteiger partial charge in [-0.1, -0.05) is 18.2 Å². The average molecular weight is 397 g/mol. The molecule has 1 fully saturated rings. The lowest BCUT2D eigenvalue weighted by atomic mass is 9.78. The maximum atomic E-state index is 14.0. The van der Waals surface area contributed by atoms with Gasteiger partial charge in [-0.2, -0.15) is 0 Å². The van der Waals surface area contributed by atoms with Crippen LogP contribution in [0.1, 0.15) is 54.3 Å². The molecule has 1 spiro atoms. The van der Waals surface area contributed by atoms with Gasteiger partial charge in [0.15, 0.2) is 11.6 Å². The first kappa shape index (κ1) is 19.8. The molecule has 0 saturated heterocycles. The zero-order valence-corrected chi connectivity index (χ0v) is 17.5.